The zero-order valence-corrected chi connectivity index (χ0v) is 13.2. The van der Waals surface area contributed by atoms with Crippen molar-refractivity contribution in [2.24, 2.45) is 0 Å². The quantitative estimate of drug-likeness (QED) is 0.673. The van der Waals surface area contributed by atoms with Gasteiger partial charge in [0.1, 0.15) is 5.82 Å². The van der Waals surface area contributed by atoms with Crippen LogP contribution < -0.4 is 4.90 Å². The van der Waals surface area contributed by atoms with Gasteiger partial charge in [0.25, 0.3) is 0 Å². The summed E-state index contributed by atoms with van der Waals surface area (Å²) in [5.41, 5.74) is 3.55. The summed E-state index contributed by atoms with van der Waals surface area (Å²) in [5.74, 6) is -0.159. The summed E-state index contributed by atoms with van der Waals surface area (Å²) in [6.07, 6.45) is 5.94. The molecule has 23 heavy (non-hydrogen) atoms. The lowest BCUT2D eigenvalue weighted by atomic mass is 10.1. The lowest BCUT2D eigenvalue weighted by Gasteiger charge is -2.28. The number of piperidine rings is 1. The van der Waals surface area contributed by atoms with Crippen LogP contribution in [-0.4, -0.2) is 17.7 Å². The molecule has 0 amide bonds. The van der Waals surface area contributed by atoms with Crippen LogP contribution in [0.3, 0.4) is 0 Å². The smallest absolute Gasteiger partial charge is 0.124 e. The average molecular weight is 308 g/mol. The van der Waals surface area contributed by atoms with E-state index in [1.54, 1.807) is 12.1 Å². The molecular formula is C20H21FN2. The first-order valence-corrected chi connectivity index (χ1v) is 8.38. The maximum Gasteiger partial charge on any atom is 0.124 e. The van der Waals surface area contributed by atoms with Gasteiger partial charge in [0.2, 0.25) is 0 Å². The largest absolute Gasteiger partial charge is 0.370 e. The molecule has 2 heterocycles. The first kappa shape index (κ1) is 14.3. The molecule has 2 aromatic carbocycles. The fourth-order valence-electron chi connectivity index (χ4n) is 3.55. The third-order valence-electron chi connectivity index (χ3n) is 4.71. The Bertz CT molecular complexity index is 801. The molecule has 0 spiro atoms. The molecular weight excluding hydrogens is 287 g/mol. The number of benzene rings is 2. The predicted molar refractivity (Wildman–Crippen MR) is 93.5 cm³/mol. The Labute approximate surface area is 136 Å². The molecule has 2 nitrogen and oxygen atoms in total. The summed E-state index contributed by atoms with van der Waals surface area (Å²) in [7, 11) is 0. The summed E-state index contributed by atoms with van der Waals surface area (Å²) in [5, 5.41) is 1.03. The van der Waals surface area contributed by atoms with E-state index in [2.05, 4.69) is 39.9 Å². The third kappa shape index (κ3) is 2.83. The first-order valence-electron chi connectivity index (χ1n) is 8.38. The minimum absolute atomic E-state index is 0.159. The summed E-state index contributed by atoms with van der Waals surface area (Å²) >= 11 is 0. The lowest BCUT2D eigenvalue weighted by Crippen LogP contribution is -2.29. The van der Waals surface area contributed by atoms with E-state index in [1.807, 2.05) is 12.1 Å². The standard InChI is InChI=1S/C20H21FN2/c21-17-9-10-19-18(13-17)20(22-11-5-2-6-12-22)15-23(19)14-16-7-3-1-4-8-16/h1,3-4,7-10,13,15H,2,5-6,11-12,14H2. The first-order chi connectivity index (χ1) is 11.3. The molecule has 118 valence electrons. The summed E-state index contributed by atoms with van der Waals surface area (Å²) in [6, 6.07) is 15.6. The van der Waals surface area contributed by atoms with Gasteiger partial charge in [-0.2, -0.15) is 0 Å². The van der Waals surface area contributed by atoms with E-state index in [1.165, 1.54) is 30.5 Å². The van der Waals surface area contributed by atoms with E-state index < -0.39 is 0 Å². The molecule has 0 unspecified atom stereocenters. The van der Waals surface area contributed by atoms with E-state index in [0.29, 0.717) is 0 Å². The summed E-state index contributed by atoms with van der Waals surface area (Å²) in [4.78, 5) is 2.41. The number of rotatable bonds is 3. The molecule has 0 aliphatic carbocycles. The number of aromatic nitrogens is 1. The van der Waals surface area contributed by atoms with Crippen molar-refractivity contribution in [3.05, 3.63) is 66.1 Å². The van der Waals surface area contributed by atoms with Gasteiger partial charge < -0.3 is 9.47 Å². The topological polar surface area (TPSA) is 8.17 Å². The van der Waals surface area contributed by atoms with Crippen molar-refractivity contribution in [1.29, 1.82) is 0 Å². The Hall–Kier alpha value is -2.29. The molecule has 1 fully saturated rings. The highest BCUT2D eigenvalue weighted by Gasteiger charge is 2.17. The van der Waals surface area contributed by atoms with Gasteiger partial charge in [0.15, 0.2) is 0 Å². The number of nitrogens with zero attached hydrogens (tertiary/aromatic N) is 2. The van der Waals surface area contributed by atoms with Crippen LogP contribution in [0.4, 0.5) is 10.1 Å². The molecule has 4 rings (SSSR count). The summed E-state index contributed by atoms with van der Waals surface area (Å²) in [6.45, 7) is 2.96. The van der Waals surface area contributed by atoms with Crippen LogP contribution >= 0.6 is 0 Å². The minimum Gasteiger partial charge on any atom is -0.370 e. The van der Waals surface area contributed by atoms with E-state index >= 15 is 0 Å². The monoisotopic (exact) mass is 308 g/mol. The molecule has 0 bridgehead atoms. The average Bonchev–Trinajstić information content (AvgIpc) is 2.94. The van der Waals surface area contributed by atoms with Gasteiger partial charge in [0.05, 0.1) is 11.2 Å². The highest BCUT2D eigenvalue weighted by Crippen LogP contribution is 2.32. The maximum absolute atomic E-state index is 13.8. The van der Waals surface area contributed by atoms with Gasteiger partial charge >= 0.3 is 0 Å². The van der Waals surface area contributed by atoms with Gasteiger partial charge in [-0.15, -0.1) is 0 Å². The SMILES string of the molecule is Fc1ccc2c(c1)c(N1CCCCC1)cn2Cc1ccccc1. The fourth-order valence-corrected chi connectivity index (χ4v) is 3.55. The molecule has 0 saturated carbocycles. The van der Waals surface area contributed by atoms with Crippen LogP contribution in [-0.2, 0) is 6.54 Å². The number of anilines is 1. The van der Waals surface area contributed by atoms with E-state index in [0.717, 1.165) is 30.5 Å². The maximum atomic E-state index is 13.8. The van der Waals surface area contributed by atoms with Crippen LogP contribution in [0.25, 0.3) is 10.9 Å². The molecule has 3 heteroatoms. The summed E-state index contributed by atoms with van der Waals surface area (Å²) < 4.78 is 16.0. The Balaban J connectivity index is 1.78. The van der Waals surface area contributed by atoms with Gasteiger partial charge in [-0.05, 0) is 43.0 Å². The Morgan fingerprint density at radius 2 is 1.70 bits per heavy atom. The second-order valence-electron chi connectivity index (χ2n) is 6.34. The van der Waals surface area contributed by atoms with Crippen LogP contribution in [0.15, 0.2) is 54.7 Å². The van der Waals surface area contributed by atoms with Crippen molar-refractivity contribution < 1.29 is 4.39 Å². The Kier molecular flexibility index (Phi) is 3.78. The molecule has 1 aromatic heterocycles. The lowest BCUT2D eigenvalue weighted by molar-refractivity contribution is 0.578. The zero-order valence-electron chi connectivity index (χ0n) is 13.2. The van der Waals surface area contributed by atoms with Crippen molar-refractivity contribution in [3.8, 4) is 0 Å². The van der Waals surface area contributed by atoms with Crippen molar-refractivity contribution in [1.82, 2.24) is 4.57 Å². The van der Waals surface area contributed by atoms with Crippen molar-refractivity contribution in [2.75, 3.05) is 18.0 Å². The molecule has 0 radical (unpaired) electrons. The Morgan fingerprint density at radius 1 is 0.913 bits per heavy atom. The zero-order chi connectivity index (χ0) is 15.6. The van der Waals surface area contributed by atoms with Gasteiger partial charge in [-0.3, -0.25) is 0 Å². The highest BCUT2D eigenvalue weighted by molar-refractivity contribution is 5.93. The Morgan fingerprint density at radius 3 is 2.48 bits per heavy atom. The van der Waals surface area contributed by atoms with Crippen LogP contribution in [0, 0.1) is 5.82 Å². The number of halogens is 1. The van der Waals surface area contributed by atoms with Crippen molar-refractivity contribution in [3.63, 3.8) is 0 Å². The number of hydrogen-bond acceptors (Lipinski definition) is 1. The van der Waals surface area contributed by atoms with Gasteiger partial charge in [0, 0.05) is 31.2 Å². The number of fused-ring (bicyclic) bond motifs is 1. The molecule has 0 atom stereocenters. The van der Waals surface area contributed by atoms with E-state index in [4.69, 9.17) is 0 Å². The third-order valence-corrected chi connectivity index (χ3v) is 4.71. The van der Waals surface area contributed by atoms with Gasteiger partial charge in [-0.25, -0.2) is 4.39 Å². The van der Waals surface area contributed by atoms with Crippen molar-refractivity contribution in [2.45, 2.75) is 25.8 Å². The second kappa shape index (κ2) is 6.07. The van der Waals surface area contributed by atoms with Crippen molar-refractivity contribution >= 4 is 16.6 Å². The highest BCUT2D eigenvalue weighted by atomic mass is 19.1. The van der Waals surface area contributed by atoms with Gasteiger partial charge in [-0.1, -0.05) is 30.3 Å². The van der Waals surface area contributed by atoms with Crippen LogP contribution in [0.1, 0.15) is 24.8 Å². The van der Waals surface area contributed by atoms with Crippen LogP contribution in [0.2, 0.25) is 0 Å². The predicted octanol–water partition coefficient (Wildman–Crippen LogP) is 4.82. The number of hydrogen-bond donors (Lipinski definition) is 0. The second-order valence-corrected chi connectivity index (χ2v) is 6.34. The van der Waals surface area contributed by atoms with E-state index in [9.17, 15) is 4.39 Å². The van der Waals surface area contributed by atoms with Crippen LogP contribution in [0.5, 0.6) is 0 Å². The molecule has 0 N–H and O–H groups in total. The molecule has 1 saturated heterocycles. The van der Waals surface area contributed by atoms with E-state index in [-0.39, 0.29) is 5.82 Å². The molecule has 3 aromatic rings. The normalized spacial score (nSPS) is 15.3. The molecule has 1 aliphatic rings. The molecule has 1 aliphatic heterocycles. The minimum atomic E-state index is -0.159. The fraction of sp³-hybridized carbons (Fsp3) is 0.300.